The van der Waals surface area contributed by atoms with E-state index in [-0.39, 0.29) is 19.0 Å². The van der Waals surface area contributed by atoms with E-state index in [4.69, 9.17) is 0 Å². The van der Waals surface area contributed by atoms with Gasteiger partial charge in [0.15, 0.2) is 0 Å². The number of carbonyl (C=O) groups is 2. The first-order valence-electron chi connectivity index (χ1n) is 5.90. The Balaban J connectivity index is 2.54. The normalized spacial score (nSPS) is 23.6. The minimum absolute atomic E-state index is 0.178. The van der Waals surface area contributed by atoms with Gasteiger partial charge in [0.1, 0.15) is 6.04 Å². The zero-order chi connectivity index (χ0) is 12.8. The summed E-state index contributed by atoms with van der Waals surface area (Å²) in [6.07, 6.45) is 1.47. The van der Waals surface area contributed by atoms with Gasteiger partial charge in [-0.1, -0.05) is 13.3 Å². The lowest BCUT2D eigenvalue weighted by Crippen LogP contribution is -2.46. The quantitative estimate of drug-likeness (QED) is 0.543. The third kappa shape index (κ3) is 3.59. The van der Waals surface area contributed by atoms with Crippen molar-refractivity contribution in [3.05, 3.63) is 0 Å². The molecular weight excluding hydrogens is 224 g/mol. The molecule has 6 nitrogen and oxygen atoms in total. The molecule has 1 rings (SSSR count). The molecule has 1 saturated heterocycles. The molecule has 17 heavy (non-hydrogen) atoms. The number of likely N-dealkylation sites (tertiary alicyclic amines) is 1. The minimum Gasteiger partial charge on any atom is -0.467 e. The van der Waals surface area contributed by atoms with E-state index in [1.54, 1.807) is 0 Å². The molecule has 1 heterocycles. The van der Waals surface area contributed by atoms with Gasteiger partial charge >= 0.3 is 12.0 Å². The van der Waals surface area contributed by atoms with Crippen LogP contribution in [0.3, 0.4) is 0 Å². The van der Waals surface area contributed by atoms with Crippen LogP contribution in [-0.4, -0.2) is 54.4 Å². The molecule has 1 aliphatic heterocycles. The maximum absolute atomic E-state index is 11.8. The van der Waals surface area contributed by atoms with Gasteiger partial charge in [0.25, 0.3) is 0 Å². The lowest BCUT2D eigenvalue weighted by Gasteiger charge is -2.22. The maximum Gasteiger partial charge on any atom is 0.328 e. The van der Waals surface area contributed by atoms with Gasteiger partial charge in [0.2, 0.25) is 0 Å². The number of methoxy groups -OCH3 is 1. The molecule has 6 heteroatoms. The summed E-state index contributed by atoms with van der Waals surface area (Å²) in [5, 5.41) is 12.2. The number of nitrogens with one attached hydrogen (secondary N) is 1. The standard InChI is InChI=1S/C11H20N2O4/c1-3-4-5-12-11(16)13-7-8(14)6-9(13)10(15)17-2/h8-9,14H,3-7H2,1-2H3,(H,12,16)/t8-,9+/m1/s1. The predicted molar refractivity (Wildman–Crippen MR) is 61.4 cm³/mol. The van der Waals surface area contributed by atoms with Gasteiger partial charge in [-0.05, 0) is 6.42 Å². The molecule has 1 fully saturated rings. The Morgan fingerprint density at radius 1 is 1.53 bits per heavy atom. The topological polar surface area (TPSA) is 78.9 Å². The number of carbonyl (C=O) groups excluding carboxylic acids is 2. The lowest BCUT2D eigenvalue weighted by atomic mass is 10.2. The van der Waals surface area contributed by atoms with Crippen LogP contribution in [0.15, 0.2) is 0 Å². The number of aliphatic hydroxyl groups excluding tert-OH is 1. The first-order valence-corrected chi connectivity index (χ1v) is 5.90. The van der Waals surface area contributed by atoms with E-state index in [0.29, 0.717) is 6.54 Å². The Labute approximate surface area is 101 Å². The van der Waals surface area contributed by atoms with Crippen LogP contribution in [0.25, 0.3) is 0 Å². The highest BCUT2D eigenvalue weighted by Gasteiger charge is 2.39. The van der Waals surface area contributed by atoms with Crippen LogP contribution in [0.5, 0.6) is 0 Å². The second kappa shape index (κ2) is 6.44. The van der Waals surface area contributed by atoms with Crippen molar-refractivity contribution in [2.24, 2.45) is 0 Å². The van der Waals surface area contributed by atoms with Crippen molar-refractivity contribution in [2.45, 2.75) is 38.3 Å². The summed E-state index contributed by atoms with van der Waals surface area (Å²) >= 11 is 0. The van der Waals surface area contributed by atoms with Crippen LogP contribution in [0.4, 0.5) is 4.79 Å². The number of amides is 2. The fraction of sp³-hybridized carbons (Fsp3) is 0.818. The monoisotopic (exact) mass is 244 g/mol. The van der Waals surface area contributed by atoms with Crippen LogP contribution < -0.4 is 5.32 Å². The number of hydrogen-bond donors (Lipinski definition) is 2. The molecule has 0 saturated carbocycles. The number of urea groups is 1. The van der Waals surface area contributed by atoms with Gasteiger partial charge < -0.3 is 20.1 Å². The first kappa shape index (κ1) is 13.8. The van der Waals surface area contributed by atoms with Crippen molar-refractivity contribution >= 4 is 12.0 Å². The molecule has 2 atom stereocenters. The summed E-state index contributed by atoms with van der Waals surface area (Å²) in [7, 11) is 1.28. The first-order chi connectivity index (χ1) is 8.10. The zero-order valence-corrected chi connectivity index (χ0v) is 10.3. The SMILES string of the molecule is CCCCNC(=O)N1C[C@H](O)C[C@H]1C(=O)OC. The summed E-state index contributed by atoms with van der Waals surface area (Å²) in [6.45, 7) is 2.79. The smallest absolute Gasteiger partial charge is 0.328 e. The number of unbranched alkanes of at least 4 members (excludes halogenated alkanes) is 1. The van der Waals surface area contributed by atoms with E-state index in [9.17, 15) is 14.7 Å². The number of hydrogen-bond acceptors (Lipinski definition) is 4. The summed E-state index contributed by atoms with van der Waals surface area (Å²) in [5.41, 5.74) is 0. The Bertz CT molecular complexity index is 283. The summed E-state index contributed by atoms with van der Waals surface area (Å²) < 4.78 is 4.62. The number of nitrogens with zero attached hydrogens (tertiary/aromatic N) is 1. The second-order valence-electron chi connectivity index (χ2n) is 4.17. The van der Waals surface area contributed by atoms with Gasteiger partial charge in [0, 0.05) is 19.5 Å². The summed E-state index contributed by atoms with van der Waals surface area (Å²) in [6, 6.07) is -0.984. The van der Waals surface area contributed by atoms with Crippen LogP contribution in [0.1, 0.15) is 26.2 Å². The highest BCUT2D eigenvalue weighted by Crippen LogP contribution is 2.18. The molecule has 0 aliphatic carbocycles. The molecule has 0 radical (unpaired) electrons. The van der Waals surface area contributed by atoms with Crippen LogP contribution in [0.2, 0.25) is 0 Å². The maximum atomic E-state index is 11.8. The van der Waals surface area contributed by atoms with Crippen molar-refractivity contribution < 1.29 is 19.4 Å². The van der Waals surface area contributed by atoms with Crippen molar-refractivity contribution in [2.75, 3.05) is 20.2 Å². The molecule has 2 amide bonds. The molecule has 0 unspecified atom stereocenters. The Kier molecular flexibility index (Phi) is 5.21. The van der Waals surface area contributed by atoms with Gasteiger partial charge in [-0.2, -0.15) is 0 Å². The van der Waals surface area contributed by atoms with Crippen molar-refractivity contribution in [1.82, 2.24) is 10.2 Å². The Hall–Kier alpha value is -1.30. The van der Waals surface area contributed by atoms with Gasteiger partial charge in [-0.25, -0.2) is 9.59 Å². The van der Waals surface area contributed by atoms with Gasteiger partial charge in [0.05, 0.1) is 13.2 Å². The van der Waals surface area contributed by atoms with E-state index in [1.807, 2.05) is 6.92 Å². The lowest BCUT2D eigenvalue weighted by molar-refractivity contribution is -0.145. The third-order valence-electron chi connectivity index (χ3n) is 2.82. The van der Waals surface area contributed by atoms with E-state index < -0.39 is 18.1 Å². The summed E-state index contributed by atoms with van der Waals surface area (Å²) in [4.78, 5) is 24.6. The Morgan fingerprint density at radius 2 is 2.24 bits per heavy atom. The molecule has 0 bridgehead atoms. The summed E-state index contributed by atoms with van der Waals surface area (Å²) in [5.74, 6) is -0.479. The van der Waals surface area contributed by atoms with Gasteiger partial charge in [-0.3, -0.25) is 0 Å². The fourth-order valence-electron chi connectivity index (χ4n) is 1.87. The molecule has 0 spiro atoms. The number of ether oxygens (including phenoxy) is 1. The number of aliphatic hydroxyl groups is 1. The molecule has 0 aromatic carbocycles. The van der Waals surface area contributed by atoms with Crippen LogP contribution in [0, 0.1) is 0 Å². The van der Waals surface area contributed by atoms with E-state index in [0.717, 1.165) is 12.8 Å². The van der Waals surface area contributed by atoms with E-state index in [1.165, 1.54) is 12.0 Å². The van der Waals surface area contributed by atoms with Crippen molar-refractivity contribution in [3.63, 3.8) is 0 Å². The molecule has 2 N–H and O–H groups in total. The highest BCUT2D eigenvalue weighted by atomic mass is 16.5. The molecule has 0 aromatic heterocycles. The van der Waals surface area contributed by atoms with Crippen molar-refractivity contribution in [3.8, 4) is 0 Å². The largest absolute Gasteiger partial charge is 0.467 e. The van der Waals surface area contributed by atoms with E-state index in [2.05, 4.69) is 10.1 Å². The predicted octanol–water partition coefficient (Wildman–Crippen LogP) is 0.104. The highest BCUT2D eigenvalue weighted by molar-refractivity contribution is 5.84. The Morgan fingerprint density at radius 3 is 2.82 bits per heavy atom. The third-order valence-corrected chi connectivity index (χ3v) is 2.82. The molecule has 98 valence electrons. The van der Waals surface area contributed by atoms with Crippen LogP contribution in [-0.2, 0) is 9.53 Å². The molecule has 0 aromatic rings. The number of esters is 1. The average Bonchev–Trinajstić information content (AvgIpc) is 2.70. The van der Waals surface area contributed by atoms with Crippen molar-refractivity contribution in [1.29, 1.82) is 0 Å². The number of β-amino-alcohol motifs (C(OH)–C–C–N with tert-alkyl or cyclic N) is 1. The van der Waals surface area contributed by atoms with Crippen LogP contribution >= 0.6 is 0 Å². The molecule has 1 aliphatic rings. The zero-order valence-electron chi connectivity index (χ0n) is 10.3. The van der Waals surface area contributed by atoms with Gasteiger partial charge in [-0.15, -0.1) is 0 Å². The number of rotatable bonds is 4. The fourth-order valence-corrected chi connectivity index (χ4v) is 1.87. The molecular formula is C11H20N2O4. The van der Waals surface area contributed by atoms with E-state index >= 15 is 0 Å². The second-order valence-corrected chi connectivity index (χ2v) is 4.17. The minimum atomic E-state index is -0.670. The average molecular weight is 244 g/mol.